The van der Waals surface area contributed by atoms with E-state index in [9.17, 15) is 4.79 Å². The predicted molar refractivity (Wildman–Crippen MR) is 60.7 cm³/mol. The highest BCUT2D eigenvalue weighted by Gasteiger charge is 2.14. The standard InChI is InChI=1S/C11H17N3O/c1-4-11(2,3)14-9-6-5-8(7-13-9)10(12)15/h5-7H,4H2,1-3H3,(H2,12,15)(H,13,14). The minimum atomic E-state index is -0.455. The van der Waals surface area contributed by atoms with Gasteiger partial charge in [-0.05, 0) is 32.4 Å². The van der Waals surface area contributed by atoms with Crippen LogP contribution in [0.15, 0.2) is 18.3 Å². The zero-order valence-corrected chi connectivity index (χ0v) is 9.37. The van der Waals surface area contributed by atoms with Crippen LogP contribution in [-0.4, -0.2) is 16.4 Å². The smallest absolute Gasteiger partial charge is 0.250 e. The Bertz CT molecular complexity index is 343. The van der Waals surface area contributed by atoms with Gasteiger partial charge in [0.2, 0.25) is 5.91 Å². The third-order valence-electron chi connectivity index (χ3n) is 2.40. The van der Waals surface area contributed by atoms with Crippen molar-refractivity contribution in [3.05, 3.63) is 23.9 Å². The molecule has 1 aromatic rings. The van der Waals surface area contributed by atoms with Crippen molar-refractivity contribution in [2.45, 2.75) is 32.7 Å². The zero-order chi connectivity index (χ0) is 11.5. The Balaban J connectivity index is 2.77. The molecular weight excluding hydrogens is 190 g/mol. The van der Waals surface area contributed by atoms with Gasteiger partial charge in [-0.25, -0.2) is 4.98 Å². The topological polar surface area (TPSA) is 68.0 Å². The summed E-state index contributed by atoms with van der Waals surface area (Å²) < 4.78 is 0. The first-order chi connectivity index (χ1) is 6.94. The van der Waals surface area contributed by atoms with Crippen molar-refractivity contribution < 1.29 is 4.79 Å². The second kappa shape index (κ2) is 4.29. The van der Waals surface area contributed by atoms with Crippen LogP contribution in [0.2, 0.25) is 0 Å². The van der Waals surface area contributed by atoms with E-state index in [1.165, 1.54) is 6.20 Å². The quantitative estimate of drug-likeness (QED) is 0.790. The van der Waals surface area contributed by atoms with E-state index in [0.717, 1.165) is 12.2 Å². The molecule has 0 fully saturated rings. The van der Waals surface area contributed by atoms with Crippen molar-refractivity contribution in [1.29, 1.82) is 0 Å². The van der Waals surface area contributed by atoms with Crippen molar-refractivity contribution in [1.82, 2.24) is 4.98 Å². The molecule has 0 radical (unpaired) electrons. The van der Waals surface area contributed by atoms with E-state index >= 15 is 0 Å². The van der Waals surface area contributed by atoms with E-state index in [1.807, 2.05) is 0 Å². The fourth-order valence-electron chi connectivity index (χ4n) is 1.05. The van der Waals surface area contributed by atoms with Crippen molar-refractivity contribution >= 4 is 11.7 Å². The third-order valence-corrected chi connectivity index (χ3v) is 2.40. The number of primary amides is 1. The zero-order valence-electron chi connectivity index (χ0n) is 9.37. The molecule has 1 amide bonds. The lowest BCUT2D eigenvalue weighted by molar-refractivity contribution is 0.1000. The van der Waals surface area contributed by atoms with E-state index in [4.69, 9.17) is 5.73 Å². The van der Waals surface area contributed by atoms with E-state index < -0.39 is 5.91 Å². The highest BCUT2D eigenvalue weighted by Crippen LogP contribution is 2.15. The lowest BCUT2D eigenvalue weighted by Gasteiger charge is -2.25. The van der Waals surface area contributed by atoms with Gasteiger partial charge in [0.25, 0.3) is 0 Å². The lowest BCUT2D eigenvalue weighted by Crippen LogP contribution is -2.30. The molecular formula is C11H17N3O. The van der Waals surface area contributed by atoms with Gasteiger partial charge in [0, 0.05) is 11.7 Å². The fourth-order valence-corrected chi connectivity index (χ4v) is 1.05. The maximum Gasteiger partial charge on any atom is 0.250 e. The summed E-state index contributed by atoms with van der Waals surface area (Å²) in [6.45, 7) is 6.29. The average molecular weight is 207 g/mol. The Labute approximate surface area is 89.9 Å². The fraction of sp³-hybridized carbons (Fsp3) is 0.455. The van der Waals surface area contributed by atoms with Gasteiger partial charge < -0.3 is 11.1 Å². The van der Waals surface area contributed by atoms with Gasteiger partial charge in [-0.2, -0.15) is 0 Å². The lowest BCUT2D eigenvalue weighted by atomic mass is 10.0. The number of anilines is 1. The van der Waals surface area contributed by atoms with Crippen LogP contribution in [0.5, 0.6) is 0 Å². The van der Waals surface area contributed by atoms with Gasteiger partial charge in [0.1, 0.15) is 5.82 Å². The van der Waals surface area contributed by atoms with Gasteiger partial charge in [-0.15, -0.1) is 0 Å². The Morgan fingerprint density at radius 3 is 2.60 bits per heavy atom. The largest absolute Gasteiger partial charge is 0.366 e. The molecule has 1 aromatic heterocycles. The van der Waals surface area contributed by atoms with Crippen molar-refractivity contribution in [2.75, 3.05) is 5.32 Å². The molecule has 0 saturated heterocycles. The molecule has 0 unspecified atom stereocenters. The van der Waals surface area contributed by atoms with Crippen molar-refractivity contribution in [3.63, 3.8) is 0 Å². The van der Waals surface area contributed by atoms with E-state index in [1.54, 1.807) is 12.1 Å². The number of nitrogens with two attached hydrogens (primary N) is 1. The van der Waals surface area contributed by atoms with Crippen LogP contribution in [0.25, 0.3) is 0 Å². The second-order valence-electron chi connectivity index (χ2n) is 4.16. The molecule has 0 aliphatic carbocycles. The molecule has 1 heterocycles. The minimum absolute atomic E-state index is 0.00123. The molecule has 82 valence electrons. The molecule has 4 nitrogen and oxygen atoms in total. The molecule has 0 spiro atoms. The summed E-state index contributed by atoms with van der Waals surface area (Å²) in [5.74, 6) is 0.302. The number of carbonyl (C=O) groups excluding carboxylic acids is 1. The predicted octanol–water partition coefficient (Wildman–Crippen LogP) is 1.78. The van der Waals surface area contributed by atoms with E-state index in [2.05, 4.69) is 31.1 Å². The van der Waals surface area contributed by atoms with Crippen LogP contribution in [-0.2, 0) is 0 Å². The third kappa shape index (κ3) is 3.23. The SMILES string of the molecule is CCC(C)(C)Nc1ccc(C(N)=O)cn1. The van der Waals surface area contributed by atoms with Gasteiger partial charge in [-0.3, -0.25) is 4.79 Å². The summed E-state index contributed by atoms with van der Waals surface area (Å²) in [6, 6.07) is 3.43. The summed E-state index contributed by atoms with van der Waals surface area (Å²) in [6.07, 6.45) is 2.47. The van der Waals surface area contributed by atoms with Crippen LogP contribution in [0.4, 0.5) is 5.82 Å². The molecule has 4 heteroatoms. The molecule has 3 N–H and O–H groups in total. The molecule has 0 aliphatic rings. The van der Waals surface area contributed by atoms with Crippen LogP contribution in [0.3, 0.4) is 0 Å². The van der Waals surface area contributed by atoms with Gasteiger partial charge in [0.15, 0.2) is 0 Å². The summed E-state index contributed by atoms with van der Waals surface area (Å²) in [5.41, 5.74) is 5.54. The van der Waals surface area contributed by atoms with Crippen molar-refractivity contribution in [3.8, 4) is 0 Å². The highest BCUT2D eigenvalue weighted by atomic mass is 16.1. The number of pyridine rings is 1. The molecule has 0 bridgehead atoms. The minimum Gasteiger partial charge on any atom is -0.366 e. The Morgan fingerprint density at radius 1 is 1.53 bits per heavy atom. The van der Waals surface area contributed by atoms with E-state index in [-0.39, 0.29) is 5.54 Å². The average Bonchev–Trinajstić information content (AvgIpc) is 2.18. The summed E-state index contributed by atoms with van der Waals surface area (Å²) in [7, 11) is 0. The number of nitrogens with one attached hydrogen (secondary N) is 1. The Hall–Kier alpha value is -1.58. The Kier molecular flexibility index (Phi) is 3.29. The van der Waals surface area contributed by atoms with Gasteiger partial charge in [-0.1, -0.05) is 6.92 Å². The number of hydrogen-bond acceptors (Lipinski definition) is 3. The summed E-state index contributed by atoms with van der Waals surface area (Å²) in [5, 5.41) is 3.27. The monoisotopic (exact) mass is 207 g/mol. The molecule has 1 rings (SSSR count). The van der Waals surface area contributed by atoms with Crippen molar-refractivity contribution in [2.24, 2.45) is 5.73 Å². The second-order valence-corrected chi connectivity index (χ2v) is 4.16. The number of amides is 1. The first-order valence-electron chi connectivity index (χ1n) is 4.98. The number of carbonyl (C=O) groups is 1. The first-order valence-corrected chi connectivity index (χ1v) is 4.98. The number of hydrogen-bond donors (Lipinski definition) is 2. The summed E-state index contributed by atoms with van der Waals surface area (Å²) >= 11 is 0. The Morgan fingerprint density at radius 2 is 2.20 bits per heavy atom. The van der Waals surface area contributed by atoms with Crippen LogP contribution in [0.1, 0.15) is 37.6 Å². The number of nitrogens with zero attached hydrogens (tertiary/aromatic N) is 1. The molecule has 0 aromatic carbocycles. The maximum atomic E-state index is 10.8. The molecule has 15 heavy (non-hydrogen) atoms. The van der Waals surface area contributed by atoms with Crippen LogP contribution in [0, 0.1) is 0 Å². The highest BCUT2D eigenvalue weighted by molar-refractivity contribution is 5.92. The number of rotatable bonds is 4. The molecule has 0 aliphatic heterocycles. The summed E-state index contributed by atoms with van der Waals surface area (Å²) in [4.78, 5) is 14.9. The van der Waals surface area contributed by atoms with Crippen LogP contribution >= 0.6 is 0 Å². The number of aromatic nitrogens is 1. The molecule has 0 saturated carbocycles. The van der Waals surface area contributed by atoms with Gasteiger partial charge >= 0.3 is 0 Å². The van der Waals surface area contributed by atoms with Crippen LogP contribution < -0.4 is 11.1 Å². The normalized spacial score (nSPS) is 11.1. The first kappa shape index (κ1) is 11.5. The van der Waals surface area contributed by atoms with Gasteiger partial charge in [0.05, 0.1) is 5.56 Å². The maximum absolute atomic E-state index is 10.8. The van der Waals surface area contributed by atoms with E-state index in [0.29, 0.717) is 5.56 Å². The molecule has 0 atom stereocenters.